The zero-order valence-corrected chi connectivity index (χ0v) is 22.3. The summed E-state index contributed by atoms with van der Waals surface area (Å²) in [6, 6.07) is 17.5. The Balaban J connectivity index is 1.50. The van der Waals surface area contributed by atoms with Crippen LogP contribution in [-0.4, -0.2) is 49.6 Å². The zero-order chi connectivity index (χ0) is 26.4. The van der Waals surface area contributed by atoms with Crippen molar-refractivity contribution in [1.82, 2.24) is 4.98 Å². The Morgan fingerprint density at radius 1 is 1.03 bits per heavy atom. The van der Waals surface area contributed by atoms with Crippen LogP contribution in [-0.2, 0) is 22.4 Å². The molecule has 0 spiro atoms. The van der Waals surface area contributed by atoms with Crippen LogP contribution in [0.25, 0.3) is 21.3 Å². The van der Waals surface area contributed by atoms with Gasteiger partial charge in [0.1, 0.15) is 22.3 Å². The predicted octanol–water partition coefficient (Wildman–Crippen LogP) is 5.94. The zero-order valence-electron chi connectivity index (χ0n) is 21.4. The van der Waals surface area contributed by atoms with E-state index in [4.69, 9.17) is 23.9 Å². The molecule has 4 aromatic rings. The number of carboxylic acid groups (broad SMARTS) is 1. The summed E-state index contributed by atoms with van der Waals surface area (Å²) in [5, 5.41) is 12.3. The van der Waals surface area contributed by atoms with Gasteiger partial charge in [-0.05, 0) is 43.0 Å². The molecule has 0 fully saturated rings. The van der Waals surface area contributed by atoms with E-state index in [0.29, 0.717) is 26.1 Å². The first-order valence-electron chi connectivity index (χ1n) is 12.1. The van der Waals surface area contributed by atoms with Gasteiger partial charge in [-0.15, -0.1) is 11.3 Å². The molecule has 0 aliphatic rings. The van der Waals surface area contributed by atoms with E-state index in [1.165, 1.54) is 0 Å². The van der Waals surface area contributed by atoms with Crippen molar-refractivity contribution in [2.24, 2.45) is 0 Å². The van der Waals surface area contributed by atoms with Gasteiger partial charge in [0, 0.05) is 41.3 Å². The number of thiazole rings is 1. The van der Waals surface area contributed by atoms with Crippen LogP contribution in [0.4, 0.5) is 0 Å². The van der Waals surface area contributed by atoms with Crippen molar-refractivity contribution in [2.75, 3.05) is 27.4 Å². The van der Waals surface area contributed by atoms with Crippen molar-refractivity contribution in [3.63, 3.8) is 0 Å². The van der Waals surface area contributed by atoms with Gasteiger partial charge in [0.25, 0.3) is 0 Å². The van der Waals surface area contributed by atoms with Crippen LogP contribution in [0.3, 0.4) is 0 Å². The number of methoxy groups -OCH3 is 2. The fourth-order valence-electron chi connectivity index (χ4n) is 4.23. The number of hydrogen-bond acceptors (Lipinski definition) is 7. The Morgan fingerprint density at radius 3 is 2.38 bits per heavy atom. The van der Waals surface area contributed by atoms with E-state index in [0.717, 1.165) is 54.7 Å². The van der Waals surface area contributed by atoms with Gasteiger partial charge < -0.3 is 24.1 Å². The molecular weight excluding hydrogens is 490 g/mol. The normalized spacial score (nSPS) is 11.9. The van der Waals surface area contributed by atoms with Crippen LogP contribution in [0.2, 0.25) is 0 Å². The summed E-state index contributed by atoms with van der Waals surface area (Å²) in [6.07, 6.45) is 0.0664. The lowest BCUT2D eigenvalue weighted by atomic mass is 9.99. The van der Waals surface area contributed by atoms with Crippen molar-refractivity contribution < 1.29 is 28.8 Å². The third-order valence-electron chi connectivity index (χ3n) is 6.11. The van der Waals surface area contributed by atoms with Crippen LogP contribution in [0.1, 0.15) is 23.1 Å². The topological polar surface area (TPSA) is 87.1 Å². The monoisotopic (exact) mass is 521 g/mol. The molecule has 1 aromatic heterocycles. The minimum atomic E-state index is -0.961. The van der Waals surface area contributed by atoms with Crippen molar-refractivity contribution in [1.29, 1.82) is 0 Å². The summed E-state index contributed by atoms with van der Waals surface area (Å²) >= 11 is 1.63. The maximum absolute atomic E-state index is 11.6. The second-order valence-electron chi connectivity index (χ2n) is 8.48. The highest BCUT2D eigenvalue weighted by Gasteiger charge is 2.20. The maximum atomic E-state index is 11.6. The molecule has 4 rings (SSSR count). The molecule has 0 aliphatic carbocycles. The van der Waals surface area contributed by atoms with E-state index < -0.39 is 12.1 Å². The fourth-order valence-corrected chi connectivity index (χ4v) is 5.18. The Morgan fingerprint density at radius 2 is 1.73 bits per heavy atom. The second-order valence-corrected chi connectivity index (χ2v) is 9.68. The van der Waals surface area contributed by atoms with Crippen LogP contribution >= 0.6 is 11.3 Å². The molecule has 1 atom stereocenters. The molecule has 1 unspecified atom stereocenters. The lowest BCUT2D eigenvalue weighted by molar-refractivity contribution is -0.149. The smallest absolute Gasteiger partial charge is 0.333 e. The molecule has 3 aromatic carbocycles. The number of fused-ring (bicyclic) bond motifs is 1. The number of aryl methyl sites for hydroxylation is 1. The van der Waals surface area contributed by atoms with Gasteiger partial charge in [-0.1, -0.05) is 30.3 Å². The first-order chi connectivity index (χ1) is 17.9. The average Bonchev–Trinajstić information content (AvgIpc) is 3.29. The molecule has 1 N–H and O–H groups in total. The molecule has 1 heterocycles. The van der Waals surface area contributed by atoms with Gasteiger partial charge in [-0.3, -0.25) is 0 Å². The quantitative estimate of drug-likeness (QED) is 0.247. The van der Waals surface area contributed by atoms with E-state index in [2.05, 4.69) is 6.92 Å². The molecule has 0 bridgehead atoms. The number of carbonyl (C=O) groups is 1. The number of hydrogen-bond donors (Lipinski definition) is 1. The summed E-state index contributed by atoms with van der Waals surface area (Å²) in [4.78, 5) is 17.6. The number of carboxylic acids is 1. The van der Waals surface area contributed by atoms with Gasteiger partial charge in [0.15, 0.2) is 6.10 Å². The third-order valence-corrected chi connectivity index (χ3v) is 7.17. The van der Waals surface area contributed by atoms with Crippen LogP contribution in [0.5, 0.6) is 17.2 Å². The van der Waals surface area contributed by atoms with Crippen LogP contribution in [0.15, 0.2) is 54.6 Å². The highest BCUT2D eigenvalue weighted by Crippen LogP contribution is 2.34. The minimum Gasteiger partial charge on any atom is -0.497 e. The lowest BCUT2D eigenvalue weighted by Crippen LogP contribution is -2.26. The SMILES string of the molecule is CCOC(Cc1ccc(OCCc2nc(-c3cc(OC)cc(OC)c3)sc2C)c2ccccc12)C(=O)O. The molecule has 0 amide bonds. The third kappa shape index (κ3) is 6.21. The standard InChI is InChI=1S/C29H31NO6S/c1-5-35-27(29(31)32)16-19-10-11-26(24-9-7-6-8-23(19)24)36-13-12-25-18(2)37-28(30-25)20-14-21(33-3)17-22(15-20)34-4/h6-11,14-15,17,27H,5,12-13,16H2,1-4H3,(H,31,32). The fraction of sp³-hybridized carbons (Fsp3) is 0.310. The maximum Gasteiger partial charge on any atom is 0.333 e. The Bertz CT molecular complexity index is 1360. The first kappa shape index (κ1) is 26.4. The number of aromatic nitrogens is 1. The molecule has 0 radical (unpaired) electrons. The summed E-state index contributed by atoms with van der Waals surface area (Å²) in [6.45, 7) is 4.67. The predicted molar refractivity (Wildman–Crippen MR) is 145 cm³/mol. The minimum absolute atomic E-state index is 0.291. The second kappa shape index (κ2) is 12.1. The molecular formula is C29H31NO6S. The van der Waals surface area contributed by atoms with Crippen LogP contribution < -0.4 is 14.2 Å². The van der Waals surface area contributed by atoms with Gasteiger partial charge in [0.2, 0.25) is 0 Å². The van der Waals surface area contributed by atoms with E-state index in [1.54, 1.807) is 32.5 Å². The molecule has 0 saturated heterocycles. The van der Waals surface area contributed by atoms with Gasteiger partial charge in [-0.2, -0.15) is 0 Å². The first-order valence-corrected chi connectivity index (χ1v) is 12.9. The summed E-state index contributed by atoms with van der Waals surface area (Å²) in [7, 11) is 3.27. The number of aliphatic carboxylic acids is 1. The highest BCUT2D eigenvalue weighted by atomic mass is 32.1. The van der Waals surface area contributed by atoms with E-state index >= 15 is 0 Å². The van der Waals surface area contributed by atoms with Gasteiger partial charge in [-0.25, -0.2) is 9.78 Å². The summed E-state index contributed by atoms with van der Waals surface area (Å²) in [5.41, 5.74) is 2.85. The van der Waals surface area contributed by atoms with E-state index in [-0.39, 0.29) is 0 Å². The molecule has 194 valence electrons. The molecule has 37 heavy (non-hydrogen) atoms. The molecule has 0 aliphatic heterocycles. The Kier molecular flexibility index (Phi) is 8.63. The Labute approximate surface area is 220 Å². The number of ether oxygens (including phenoxy) is 4. The molecule has 0 saturated carbocycles. The van der Waals surface area contributed by atoms with Gasteiger partial charge >= 0.3 is 5.97 Å². The highest BCUT2D eigenvalue weighted by molar-refractivity contribution is 7.15. The van der Waals surface area contributed by atoms with Crippen molar-refractivity contribution in [3.8, 4) is 27.8 Å². The number of nitrogens with zero attached hydrogens (tertiary/aromatic N) is 1. The summed E-state index contributed by atoms with van der Waals surface area (Å²) in [5.74, 6) is 1.24. The number of rotatable bonds is 12. The van der Waals surface area contributed by atoms with E-state index in [1.807, 2.05) is 54.6 Å². The lowest BCUT2D eigenvalue weighted by Gasteiger charge is -2.16. The Hall–Kier alpha value is -3.62. The van der Waals surface area contributed by atoms with Crippen molar-refractivity contribution in [2.45, 2.75) is 32.8 Å². The molecule has 7 nitrogen and oxygen atoms in total. The van der Waals surface area contributed by atoms with Gasteiger partial charge in [0.05, 0.1) is 26.5 Å². The largest absolute Gasteiger partial charge is 0.497 e. The van der Waals surface area contributed by atoms with Crippen molar-refractivity contribution >= 4 is 28.1 Å². The average molecular weight is 522 g/mol. The van der Waals surface area contributed by atoms with Crippen molar-refractivity contribution in [3.05, 3.63) is 70.7 Å². The summed E-state index contributed by atoms with van der Waals surface area (Å²) < 4.78 is 22.4. The number of benzene rings is 3. The van der Waals surface area contributed by atoms with E-state index in [9.17, 15) is 9.90 Å². The molecule has 8 heteroatoms. The van der Waals surface area contributed by atoms with Crippen LogP contribution in [0, 0.1) is 6.92 Å².